The lowest BCUT2D eigenvalue weighted by atomic mass is 10.1. The van der Waals surface area contributed by atoms with Gasteiger partial charge < -0.3 is 19.9 Å². The fourth-order valence-corrected chi connectivity index (χ4v) is 3.07. The molecular weight excluding hydrogens is 310 g/mol. The van der Waals surface area contributed by atoms with Gasteiger partial charge in [0.15, 0.2) is 11.5 Å². The molecular formula is C15H18ClNO3S. The molecule has 1 atom stereocenters. The van der Waals surface area contributed by atoms with E-state index in [1.165, 1.54) is 19.1 Å². The molecule has 4 nitrogen and oxygen atoms in total. The summed E-state index contributed by atoms with van der Waals surface area (Å²) in [6.45, 7) is 2.71. The molecule has 0 saturated carbocycles. The van der Waals surface area contributed by atoms with E-state index in [0.717, 1.165) is 9.90 Å². The SMILES string of the molecule is COc1cc(CNC(C)c2ccc(Cl)s2)cc(OC)c1O. The first-order valence-corrected chi connectivity index (χ1v) is 7.67. The summed E-state index contributed by atoms with van der Waals surface area (Å²) in [5.41, 5.74) is 0.969. The first-order valence-electron chi connectivity index (χ1n) is 6.47. The molecule has 0 aliphatic carbocycles. The zero-order valence-corrected chi connectivity index (χ0v) is 13.7. The van der Waals surface area contributed by atoms with Crippen molar-refractivity contribution in [1.82, 2.24) is 5.32 Å². The highest BCUT2D eigenvalue weighted by Crippen LogP contribution is 2.37. The molecule has 2 N–H and O–H groups in total. The molecule has 6 heteroatoms. The van der Waals surface area contributed by atoms with Crippen LogP contribution in [0.4, 0.5) is 0 Å². The average Bonchev–Trinajstić information content (AvgIpc) is 2.92. The van der Waals surface area contributed by atoms with Crippen LogP contribution in [0.3, 0.4) is 0 Å². The van der Waals surface area contributed by atoms with E-state index < -0.39 is 0 Å². The number of nitrogens with one attached hydrogen (secondary N) is 1. The van der Waals surface area contributed by atoms with Gasteiger partial charge in [0, 0.05) is 17.5 Å². The molecule has 21 heavy (non-hydrogen) atoms. The van der Waals surface area contributed by atoms with Crippen molar-refractivity contribution in [2.75, 3.05) is 14.2 Å². The minimum absolute atomic E-state index is 0.0156. The van der Waals surface area contributed by atoms with Crippen molar-refractivity contribution >= 4 is 22.9 Å². The summed E-state index contributed by atoms with van der Waals surface area (Å²) in [7, 11) is 3.03. The van der Waals surface area contributed by atoms with Gasteiger partial charge in [-0.1, -0.05) is 11.6 Å². The van der Waals surface area contributed by atoms with Gasteiger partial charge in [0.25, 0.3) is 0 Å². The topological polar surface area (TPSA) is 50.7 Å². The molecule has 1 aromatic carbocycles. The number of phenols is 1. The average molecular weight is 328 g/mol. The summed E-state index contributed by atoms with van der Waals surface area (Å²) < 4.78 is 11.1. The Morgan fingerprint density at radius 1 is 1.24 bits per heavy atom. The fourth-order valence-electron chi connectivity index (χ4n) is 1.98. The molecule has 1 aromatic heterocycles. The van der Waals surface area contributed by atoms with Crippen LogP contribution in [0.2, 0.25) is 4.34 Å². The van der Waals surface area contributed by atoms with Crippen molar-refractivity contribution in [3.63, 3.8) is 0 Å². The Balaban J connectivity index is 2.09. The lowest BCUT2D eigenvalue weighted by Crippen LogP contribution is -2.17. The van der Waals surface area contributed by atoms with Gasteiger partial charge in [0.2, 0.25) is 5.75 Å². The van der Waals surface area contributed by atoms with Crippen LogP contribution in [-0.2, 0) is 6.54 Å². The Labute approximate surface area is 133 Å². The van der Waals surface area contributed by atoms with Crippen LogP contribution in [0.1, 0.15) is 23.4 Å². The molecule has 0 radical (unpaired) electrons. The monoisotopic (exact) mass is 327 g/mol. The Morgan fingerprint density at radius 3 is 2.33 bits per heavy atom. The highest BCUT2D eigenvalue weighted by Gasteiger charge is 2.12. The molecule has 0 aliphatic heterocycles. The summed E-state index contributed by atoms with van der Waals surface area (Å²) in [4.78, 5) is 1.18. The van der Waals surface area contributed by atoms with Gasteiger partial charge in [-0.05, 0) is 36.8 Å². The van der Waals surface area contributed by atoms with E-state index in [0.29, 0.717) is 18.0 Å². The van der Waals surface area contributed by atoms with Gasteiger partial charge in [-0.25, -0.2) is 0 Å². The van der Waals surface area contributed by atoms with E-state index in [2.05, 4.69) is 12.2 Å². The third-order valence-electron chi connectivity index (χ3n) is 3.17. The van der Waals surface area contributed by atoms with E-state index >= 15 is 0 Å². The Hall–Kier alpha value is -1.43. The normalized spacial score (nSPS) is 12.2. The molecule has 0 fully saturated rings. The van der Waals surface area contributed by atoms with Gasteiger partial charge in [-0.2, -0.15) is 0 Å². The summed E-state index contributed by atoms with van der Waals surface area (Å²) >= 11 is 7.51. The van der Waals surface area contributed by atoms with Crippen LogP contribution in [0.5, 0.6) is 17.2 Å². The predicted octanol–water partition coefficient (Wildman–Crippen LogP) is 3.98. The minimum atomic E-state index is 0.0156. The van der Waals surface area contributed by atoms with Gasteiger partial charge in [0.05, 0.1) is 18.6 Å². The quantitative estimate of drug-likeness (QED) is 0.842. The van der Waals surface area contributed by atoms with Gasteiger partial charge in [-0.15, -0.1) is 11.3 Å². The maximum Gasteiger partial charge on any atom is 0.200 e. The van der Waals surface area contributed by atoms with Crippen molar-refractivity contribution < 1.29 is 14.6 Å². The molecule has 2 aromatic rings. The molecule has 0 spiro atoms. The number of aromatic hydroxyl groups is 1. The Morgan fingerprint density at radius 2 is 1.86 bits per heavy atom. The minimum Gasteiger partial charge on any atom is -0.502 e. The summed E-state index contributed by atoms with van der Waals surface area (Å²) in [5, 5.41) is 13.3. The van der Waals surface area contributed by atoms with Gasteiger partial charge >= 0.3 is 0 Å². The molecule has 0 bridgehead atoms. The number of hydrogen-bond donors (Lipinski definition) is 2. The van der Waals surface area contributed by atoms with Crippen molar-refractivity contribution in [2.24, 2.45) is 0 Å². The van der Waals surface area contributed by atoms with E-state index in [1.54, 1.807) is 23.5 Å². The lowest BCUT2D eigenvalue weighted by Gasteiger charge is -2.14. The zero-order valence-electron chi connectivity index (χ0n) is 12.1. The van der Waals surface area contributed by atoms with E-state index in [-0.39, 0.29) is 11.8 Å². The lowest BCUT2D eigenvalue weighted by molar-refractivity contribution is 0.339. The first-order chi connectivity index (χ1) is 10.0. The maximum absolute atomic E-state index is 9.89. The second-order valence-corrected chi connectivity index (χ2v) is 6.34. The number of rotatable bonds is 6. The van der Waals surface area contributed by atoms with Gasteiger partial charge in [-0.3, -0.25) is 0 Å². The number of hydrogen-bond acceptors (Lipinski definition) is 5. The highest BCUT2D eigenvalue weighted by molar-refractivity contribution is 7.16. The van der Waals surface area contributed by atoms with Crippen molar-refractivity contribution in [1.29, 1.82) is 0 Å². The van der Waals surface area contributed by atoms with E-state index in [1.807, 2.05) is 12.1 Å². The Bertz CT molecular complexity index is 590. The van der Waals surface area contributed by atoms with Gasteiger partial charge in [0.1, 0.15) is 0 Å². The van der Waals surface area contributed by atoms with Crippen molar-refractivity contribution in [3.05, 3.63) is 39.0 Å². The molecule has 0 amide bonds. The fraction of sp³-hybridized carbons (Fsp3) is 0.333. The van der Waals surface area contributed by atoms with E-state index in [4.69, 9.17) is 21.1 Å². The molecule has 0 aliphatic rings. The smallest absolute Gasteiger partial charge is 0.200 e. The number of phenolic OH excluding ortho intramolecular Hbond substituents is 1. The molecule has 0 saturated heterocycles. The number of ether oxygens (including phenoxy) is 2. The molecule has 2 rings (SSSR count). The van der Waals surface area contributed by atoms with Crippen LogP contribution < -0.4 is 14.8 Å². The van der Waals surface area contributed by atoms with Crippen LogP contribution in [0.15, 0.2) is 24.3 Å². The summed E-state index contributed by atoms with van der Waals surface area (Å²) in [5.74, 6) is 0.817. The summed E-state index contributed by atoms with van der Waals surface area (Å²) in [6.07, 6.45) is 0. The second kappa shape index (κ2) is 7.02. The highest BCUT2D eigenvalue weighted by atomic mass is 35.5. The number of halogens is 1. The van der Waals surface area contributed by atoms with Crippen molar-refractivity contribution in [2.45, 2.75) is 19.5 Å². The zero-order chi connectivity index (χ0) is 15.4. The largest absolute Gasteiger partial charge is 0.502 e. The van der Waals surface area contributed by atoms with Crippen LogP contribution in [0.25, 0.3) is 0 Å². The number of benzene rings is 1. The third-order valence-corrected chi connectivity index (χ3v) is 4.59. The molecule has 1 unspecified atom stereocenters. The molecule has 114 valence electrons. The number of thiophene rings is 1. The Kier molecular flexibility index (Phi) is 5.33. The van der Waals surface area contributed by atoms with Crippen LogP contribution >= 0.6 is 22.9 Å². The first kappa shape index (κ1) is 15.9. The second-order valence-electron chi connectivity index (χ2n) is 4.59. The summed E-state index contributed by atoms with van der Waals surface area (Å²) in [6, 6.07) is 7.68. The van der Waals surface area contributed by atoms with Crippen LogP contribution in [-0.4, -0.2) is 19.3 Å². The maximum atomic E-state index is 9.89. The standard InChI is InChI=1S/C15H18ClNO3S/c1-9(13-4-5-14(16)21-13)17-8-10-6-11(19-2)15(18)12(7-10)20-3/h4-7,9,17-18H,8H2,1-3H3. The van der Waals surface area contributed by atoms with E-state index in [9.17, 15) is 5.11 Å². The van der Waals surface area contributed by atoms with Crippen molar-refractivity contribution in [3.8, 4) is 17.2 Å². The number of methoxy groups -OCH3 is 2. The van der Waals surface area contributed by atoms with Crippen LogP contribution in [0, 0.1) is 0 Å². The predicted molar refractivity (Wildman–Crippen MR) is 85.8 cm³/mol. The third kappa shape index (κ3) is 3.81. The molecule has 1 heterocycles.